The van der Waals surface area contributed by atoms with Gasteiger partial charge in [-0.25, -0.2) is 9.37 Å². The van der Waals surface area contributed by atoms with E-state index in [4.69, 9.17) is 4.74 Å². The number of thioether (sulfide) groups is 1. The van der Waals surface area contributed by atoms with Crippen molar-refractivity contribution in [1.29, 1.82) is 0 Å². The second kappa shape index (κ2) is 6.77. The molecular weight excluding hydrogens is 249 g/mol. The molecule has 0 aromatic heterocycles. The van der Waals surface area contributed by atoms with E-state index in [2.05, 4.69) is 6.72 Å². The third kappa shape index (κ3) is 7.55. The van der Waals surface area contributed by atoms with Gasteiger partial charge in [-0.3, -0.25) is 0 Å². The lowest BCUT2D eigenvalue weighted by atomic mass is 10.3. The van der Waals surface area contributed by atoms with Crippen LogP contribution in [0.25, 0.3) is 0 Å². The largest absolute Gasteiger partial charge is 0.673 e. The lowest BCUT2D eigenvalue weighted by Crippen LogP contribution is -2.31. The van der Waals surface area contributed by atoms with Crippen molar-refractivity contribution in [3.05, 3.63) is 0 Å². The molecule has 0 saturated carbocycles. The molecule has 3 nitrogen and oxygen atoms in total. The SMILES string of the molecule is C=[N+]1CSC[C@H]1C(=O)OCC.F[B-](F)(F)F. The Morgan fingerprint density at radius 1 is 1.56 bits per heavy atom. The van der Waals surface area contributed by atoms with Crippen molar-refractivity contribution >= 4 is 31.7 Å². The maximum absolute atomic E-state index is 11.1. The Morgan fingerprint density at radius 2 is 2.06 bits per heavy atom. The van der Waals surface area contributed by atoms with Gasteiger partial charge in [0.15, 0.2) is 5.88 Å². The van der Waals surface area contributed by atoms with Crippen LogP contribution in [-0.4, -0.2) is 48.8 Å². The molecule has 1 fully saturated rings. The van der Waals surface area contributed by atoms with Gasteiger partial charge in [0.1, 0.15) is 6.72 Å². The molecule has 0 aliphatic carbocycles. The Hall–Kier alpha value is -0.725. The third-order valence-electron chi connectivity index (χ3n) is 1.53. The zero-order valence-corrected chi connectivity index (χ0v) is 9.48. The van der Waals surface area contributed by atoms with Gasteiger partial charge in [0, 0.05) is 0 Å². The molecule has 0 aromatic rings. The van der Waals surface area contributed by atoms with Crippen molar-refractivity contribution in [3.63, 3.8) is 0 Å². The first-order valence-corrected chi connectivity index (χ1v) is 5.60. The van der Waals surface area contributed by atoms with Crippen LogP contribution in [0.15, 0.2) is 0 Å². The second-order valence-electron chi connectivity index (χ2n) is 2.85. The van der Waals surface area contributed by atoms with Crippen molar-refractivity contribution in [2.24, 2.45) is 0 Å². The fourth-order valence-electron chi connectivity index (χ4n) is 0.933. The summed E-state index contributed by atoms with van der Waals surface area (Å²) in [6.45, 7) is 6.00. The molecule has 16 heavy (non-hydrogen) atoms. The molecule has 0 amide bonds. The van der Waals surface area contributed by atoms with E-state index in [-0.39, 0.29) is 12.0 Å². The van der Waals surface area contributed by atoms with E-state index in [1.54, 1.807) is 16.3 Å². The van der Waals surface area contributed by atoms with Gasteiger partial charge >= 0.3 is 13.2 Å². The van der Waals surface area contributed by atoms with E-state index >= 15 is 0 Å². The first-order valence-electron chi connectivity index (χ1n) is 4.44. The molecule has 0 aromatic carbocycles. The predicted molar refractivity (Wildman–Crippen MR) is 55.3 cm³/mol. The highest BCUT2D eigenvalue weighted by Gasteiger charge is 2.34. The zero-order valence-electron chi connectivity index (χ0n) is 8.67. The smallest absolute Gasteiger partial charge is 0.461 e. The van der Waals surface area contributed by atoms with Crippen molar-refractivity contribution in [2.75, 3.05) is 18.2 Å². The summed E-state index contributed by atoms with van der Waals surface area (Å²) in [5.74, 6) is 1.48. The average Bonchev–Trinajstić information content (AvgIpc) is 2.48. The molecule has 1 rings (SSSR count). The first kappa shape index (κ1) is 15.3. The van der Waals surface area contributed by atoms with Crippen LogP contribution in [0.1, 0.15) is 6.92 Å². The Morgan fingerprint density at radius 3 is 2.38 bits per heavy atom. The van der Waals surface area contributed by atoms with Crippen LogP contribution >= 0.6 is 11.8 Å². The minimum Gasteiger partial charge on any atom is -0.461 e. The fraction of sp³-hybridized carbons (Fsp3) is 0.714. The molecule has 0 N–H and O–H groups in total. The summed E-state index contributed by atoms with van der Waals surface area (Å²) < 4.78 is 45.6. The summed E-state index contributed by atoms with van der Waals surface area (Å²) >= 11 is 1.71. The van der Waals surface area contributed by atoms with Crippen LogP contribution in [0, 0.1) is 0 Å². The van der Waals surface area contributed by atoms with E-state index in [0.29, 0.717) is 6.61 Å². The van der Waals surface area contributed by atoms with E-state index in [0.717, 1.165) is 11.6 Å². The van der Waals surface area contributed by atoms with Crippen LogP contribution in [0.4, 0.5) is 17.3 Å². The number of hydrogen-bond acceptors (Lipinski definition) is 3. The van der Waals surface area contributed by atoms with Gasteiger partial charge in [-0.15, -0.1) is 0 Å². The summed E-state index contributed by atoms with van der Waals surface area (Å²) in [5.41, 5.74) is 0. The van der Waals surface area contributed by atoms with Crippen LogP contribution in [0.2, 0.25) is 0 Å². The standard InChI is InChI=1S/C7H12NO2S.BF4/c1-3-10-7(9)6-4-11-5-8(6)2;2-1(3,4)5/h6H,2-5H2,1H3;/q+1;-1/t6-;/m0./s1. The summed E-state index contributed by atoms with van der Waals surface area (Å²) in [4.78, 5) is 11.1. The summed E-state index contributed by atoms with van der Waals surface area (Å²) in [6, 6.07) is -0.125. The molecule has 1 saturated heterocycles. The summed E-state index contributed by atoms with van der Waals surface area (Å²) in [6.07, 6.45) is 0. The lowest BCUT2D eigenvalue weighted by Gasteiger charge is -2.03. The second-order valence-corrected chi connectivity index (χ2v) is 3.85. The van der Waals surface area contributed by atoms with Crippen molar-refractivity contribution < 1.29 is 31.4 Å². The van der Waals surface area contributed by atoms with Crippen molar-refractivity contribution in [2.45, 2.75) is 13.0 Å². The topological polar surface area (TPSA) is 29.3 Å². The molecule has 94 valence electrons. The molecule has 0 spiro atoms. The molecular formula is C7H12BF4NO2S. The van der Waals surface area contributed by atoms with Gasteiger partial charge in [0.05, 0.1) is 12.4 Å². The summed E-state index contributed by atoms with van der Waals surface area (Å²) in [5, 5.41) is 0. The highest BCUT2D eigenvalue weighted by Crippen LogP contribution is 2.15. The van der Waals surface area contributed by atoms with E-state index in [9.17, 15) is 22.1 Å². The Bertz CT molecular complexity index is 255. The zero-order chi connectivity index (χ0) is 12.8. The molecule has 1 aliphatic rings. The van der Waals surface area contributed by atoms with E-state index < -0.39 is 7.25 Å². The highest BCUT2D eigenvalue weighted by atomic mass is 32.2. The van der Waals surface area contributed by atoms with Gasteiger partial charge in [-0.05, 0) is 6.92 Å². The minimum atomic E-state index is -6.00. The van der Waals surface area contributed by atoms with Gasteiger partial charge in [0.25, 0.3) is 6.04 Å². The average molecular weight is 261 g/mol. The van der Waals surface area contributed by atoms with Crippen molar-refractivity contribution in [1.82, 2.24) is 0 Å². The maximum Gasteiger partial charge on any atom is 0.673 e. The molecule has 9 heteroatoms. The van der Waals surface area contributed by atoms with Gasteiger partial charge in [-0.1, -0.05) is 11.8 Å². The van der Waals surface area contributed by atoms with Crippen LogP contribution in [-0.2, 0) is 9.53 Å². The van der Waals surface area contributed by atoms with Gasteiger partial charge < -0.3 is 22.0 Å². The van der Waals surface area contributed by atoms with Gasteiger partial charge in [0.2, 0.25) is 0 Å². The monoisotopic (exact) mass is 261 g/mol. The number of hydrogen-bond donors (Lipinski definition) is 0. The van der Waals surface area contributed by atoms with Gasteiger partial charge in [-0.2, -0.15) is 0 Å². The van der Waals surface area contributed by atoms with E-state index in [1.807, 2.05) is 6.92 Å². The number of ether oxygens (including phenoxy) is 1. The lowest BCUT2D eigenvalue weighted by molar-refractivity contribution is -0.515. The predicted octanol–water partition coefficient (Wildman–Crippen LogP) is 1.64. The quantitative estimate of drug-likeness (QED) is 0.327. The number of rotatable bonds is 2. The number of halogens is 4. The normalized spacial score (nSPS) is 20.1. The molecule has 0 bridgehead atoms. The van der Waals surface area contributed by atoms with Crippen LogP contribution in [0.5, 0.6) is 0 Å². The van der Waals surface area contributed by atoms with E-state index in [1.165, 1.54) is 0 Å². The Balaban J connectivity index is 0.000000385. The minimum absolute atomic E-state index is 0.125. The molecule has 1 aliphatic heterocycles. The van der Waals surface area contributed by atoms with Crippen LogP contribution < -0.4 is 0 Å². The Kier molecular flexibility index (Phi) is 6.46. The summed E-state index contributed by atoms with van der Waals surface area (Å²) in [7, 11) is -6.00. The number of carbonyl (C=O) groups excluding carboxylic acids is 1. The van der Waals surface area contributed by atoms with Crippen LogP contribution in [0.3, 0.4) is 0 Å². The van der Waals surface area contributed by atoms with Crippen molar-refractivity contribution in [3.8, 4) is 0 Å². The molecule has 1 heterocycles. The molecule has 1 atom stereocenters. The molecule has 0 unspecified atom stereocenters. The molecule has 0 radical (unpaired) electrons. The number of esters is 1. The highest BCUT2D eigenvalue weighted by molar-refractivity contribution is 7.99. The number of nitrogens with zero attached hydrogens (tertiary/aromatic N) is 1. The first-order chi connectivity index (χ1) is 7.25. The Labute approximate surface area is 94.9 Å². The fourth-order valence-corrected chi connectivity index (χ4v) is 2.02. The third-order valence-corrected chi connectivity index (χ3v) is 2.60. The number of carbonyl (C=O) groups is 1. The maximum atomic E-state index is 11.1.